The Kier molecular flexibility index (Phi) is 5.66. The van der Waals surface area contributed by atoms with Crippen molar-refractivity contribution in [1.82, 2.24) is 14.8 Å². The first-order valence-corrected chi connectivity index (χ1v) is 10.6. The van der Waals surface area contributed by atoms with Crippen LogP contribution < -0.4 is 10.9 Å². The van der Waals surface area contributed by atoms with E-state index in [2.05, 4.69) is 5.32 Å². The molecule has 31 heavy (non-hydrogen) atoms. The Morgan fingerprint density at radius 2 is 1.90 bits per heavy atom. The van der Waals surface area contributed by atoms with Gasteiger partial charge >= 0.3 is 0 Å². The first-order chi connectivity index (χ1) is 14.9. The predicted molar refractivity (Wildman–Crippen MR) is 113 cm³/mol. The highest BCUT2D eigenvalue weighted by Gasteiger charge is 2.57. The van der Waals surface area contributed by atoms with Crippen molar-refractivity contribution >= 4 is 11.8 Å². The molecule has 2 aliphatic heterocycles. The Hall–Kier alpha value is -3.00. The van der Waals surface area contributed by atoms with E-state index in [9.17, 15) is 23.9 Å². The van der Waals surface area contributed by atoms with E-state index in [1.165, 1.54) is 6.07 Å². The number of hydrogen-bond donors (Lipinski definition) is 2. The van der Waals surface area contributed by atoms with Gasteiger partial charge in [0.05, 0.1) is 23.6 Å². The molecular formula is C23H26FN3O4. The largest absolute Gasteiger partial charge is 0.396 e. The quantitative estimate of drug-likeness (QED) is 0.760. The highest BCUT2D eigenvalue weighted by molar-refractivity contribution is 5.84. The summed E-state index contributed by atoms with van der Waals surface area (Å²) in [7, 11) is 0. The van der Waals surface area contributed by atoms with Crippen LogP contribution >= 0.6 is 0 Å². The molecule has 0 saturated carbocycles. The summed E-state index contributed by atoms with van der Waals surface area (Å²) in [6.45, 7) is 3.85. The fraction of sp³-hybridized carbons (Fsp3) is 0.435. The maximum absolute atomic E-state index is 14.3. The molecule has 164 valence electrons. The number of benzene rings is 1. The van der Waals surface area contributed by atoms with E-state index >= 15 is 0 Å². The first kappa shape index (κ1) is 21.2. The molecule has 1 aromatic heterocycles. The van der Waals surface area contributed by atoms with Crippen molar-refractivity contribution in [2.75, 3.05) is 13.2 Å². The number of halogens is 1. The van der Waals surface area contributed by atoms with Gasteiger partial charge in [0.25, 0.3) is 5.56 Å². The molecule has 7 nitrogen and oxygen atoms in total. The van der Waals surface area contributed by atoms with Gasteiger partial charge in [-0.15, -0.1) is 0 Å². The molecule has 2 aliphatic rings. The van der Waals surface area contributed by atoms with Crippen LogP contribution in [0.3, 0.4) is 0 Å². The fourth-order valence-electron chi connectivity index (χ4n) is 5.11. The number of nitrogens with one attached hydrogen (secondary N) is 1. The van der Waals surface area contributed by atoms with Crippen molar-refractivity contribution < 1.29 is 19.1 Å². The molecule has 2 bridgehead atoms. The number of carbonyl (C=O) groups excluding carboxylic acids is 2. The van der Waals surface area contributed by atoms with Gasteiger partial charge in [0, 0.05) is 43.3 Å². The zero-order valence-electron chi connectivity index (χ0n) is 17.5. The highest BCUT2D eigenvalue weighted by atomic mass is 19.1. The molecule has 1 fully saturated rings. The molecule has 0 radical (unpaired) electrons. The fourth-order valence-corrected chi connectivity index (χ4v) is 5.11. The summed E-state index contributed by atoms with van der Waals surface area (Å²) in [6.07, 6.45) is 0.255. The number of carbonyl (C=O) groups is 2. The summed E-state index contributed by atoms with van der Waals surface area (Å²) < 4.78 is 15.9. The third-order valence-electron chi connectivity index (χ3n) is 6.45. The molecule has 1 aromatic carbocycles. The van der Waals surface area contributed by atoms with Gasteiger partial charge in [-0.2, -0.15) is 0 Å². The van der Waals surface area contributed by atoms with Crippen LogP contribution in [-0.4, -0.2) is 45.6 Å². The highest BCUT2D eigenvalue weighted by Crippen LogP contribution is 2.48. The van der Waals surface area contributed by atoms with Crippen LogP contribution in [0.15, 0.2) is 41.2 Å². The van der Waals surface area contributed by atoms with Crippen molar-refractivity contribution in [3.63, 3.8) is 0 Å². The minimum atomic E-state index is -0.669. The predicted octanol–water partition coefficient (Wildman–Crippen LogP) is 1.69. The Morgan fingerprint density at radius 3 is 2.55 bits per heavy atom. The summed E-state index contributed by atoms with van der Waals surface area (Å²) in [4.78, 5) is 40.8. The van der Waals surface area contributed by atoms with Crippen LogP contribution in [0.2, 0.25) is 0 Å². The van der Waals surface area contributed by atoms with Crippen LogP contribution in [0.5, 0.6) is 0 Å². The molecule has 2 N–H and O–H groups in total. The van der Waals surface area contributed by atoms with Gasteiger partial charge in [-0.1, -0.05) is 25.1 Å². The monoisotopic (exact) mass is 427 g/mol. The Labute approximate surface area is 179 Å². The molecule has 8 heteroatoms. The van der Waals surface area contributed by atoms with Crippen molar-refractivity contribution in [1.29, 1.82) is 0 Å². The van der Waals surface area contributed by atoms with Gasteiger partial charge in [-0.25, -0.2) is 4.39 Å². The van der Waals surface area contributed by atoms with Gasteiger partial charge in [0.15, 0.2) is 0 Å². The molecule has 1 saturated heterocycles. The van der Waals surface area contributed by atoms with Crippen LogP contribution in [-0.2, 0) is 16.1 Å². The zero-order valence-corrected chi connectivity index (χ0v) is 17.5. The summed E-state index contributed by atoms with van der Waals surface area (Å²) >= 11 is 0. The number of nitrogens with zero attached hydrogens (tertiary/aromatic N) is 2. The second kappa shape index (κ2) is 8.26. The Balaban J connectivity index is 1.89. The summed E-state index contributed by atoms with van der Waals surface area (Å²) in [5.74, 6) is -2.03. The standard InChI is InChI=1S/C23H26FN3O4/c1-3-19(29)27-18-11-26-17(21(27)20(15(18)12-28)22(30)25-4-2)10-9-14(23(26)31)13-7-5-6-8-16(13)24/h5-10,15,18,20-21,28H,3-4,11-12H2,1-2H3,(H,25,30)/t15-,18-,20+,21+/m1/s1. The summed E-state index contributed by atoms with van der Waals surface area (Å²) in [5.41, 5.74) is 0.609. The average molecular weight is 427 g/mol. The number of pyridine rings is 1. The Bertz CT molecular complexity index is 1080. The zero-order chi connectivity index (χ0) is 22.3. The van der Waals surface area contributed by atoms with Crippen molar-refractivity contribution in [2.24, 2.45) is 11.8 Å². The second-order valence-corrected chi connectivity index (χ2v) is 8.00. The summed E-state index contributed by atoms with van der Waals surface area (Å²) in [5, 5.41) is 12.9. The lowest BCUT2D eigenvalue weighted by Gasteiger charge is -2.38. The lowest BCUT2D eigenvalue weighted by Crippen LogP contribution is -2.49. The number of aliphatic hydroxyl groups excluding tert-OH is 1. The van der Waals surface area contributed by atoms with E-state index in [1.807, 2.05) is 0 Å². The van der Waals surface area contributed by atoms with Crippen molar-refractivity contribution in [3.8, 4) is 11.1 Å². The molecule has 2 amide bonds. The van der Waals surface area contributed by atoms with E-state index in [0.29, 0.717) is 12.2 Å². The molecule has 0 unspecified atom stereocenters. The minimum absolute atomic E-state index is 0.128. The lowest BCUT2D eigenvalue weighted by molar-refractivity contribution is -0.136. The minimum Gasteiger partial charge on any atom is -0.396 e. The second-order valence-electron chi connectivity index (χ2n) is 8.00. The number of rotatable bonds is 5. The topological polar surface area (TPSA) is 91.6 Å². The van der Waals surface area contributed by atoms with Gasteiger partial charge < -0.3 is 19.9 Å². The molecule has 2 aromatic rings. The van der Waals surface area contributed by atoms with Crippen LogP contribution in [0.4, 0.5) is 4.39 Å². The average Bonchev–Trinajstić information content (AvgIpc) is 3.01. The van der Waals surface area contributed by atoms with Crippen LogP contribution in [0.1, 0.15) is 32.0 Å². The van der Waals surface area contributed by atoms with Crippen LogP contribution in [0.25, 0.3) is 11.1 Å². The SMILES string of the molecule is CCNC(=O)[C@H]1[C@H](CO)[C@H]2Cn3c(ccc(-c4ccccc4F)c3=O)[C@@H]1N2C(=O)CC. The van der Waals surface area contributed by atoms with E-state index in [1.54, 1.807) is 53.6 Å². The van der Waals surface area contributed by atoms with Gasteiger partial charge in [-0.3, -0.25) is 14.4 Å². The maximum Gasteiger partial charge on any atom is 0.258 e. The maximum atomic E-state index is 14.3. The van der Waals surface area contributed by atoms with E-state index in [4.69, 9.17) is 0 Å². The van der Waals surface area contributed by atoms with E-state index in [-0.39, 0.29) is 48.1 Å². The Morgan fingerprint density at radius 1 is 1.16 bits per heavy atom. The third-order valence-corrected chi connectivity index (χ3v) is 6.45. The molecule has 3 heterocycles. The van der Waals surface area contributed by atoms with Gasteiger partial charge in [-0.05, 0) is 25.1 Å². The summed E-state index contributed by atoms with van der Waals surface area (Å²) in [6, 6.07) is 8.20. The smallest absolute Gasteiger partial charge is 0.258 e. The number of aromatic nitrogens is 1. The van der Waals surface area contributed by atoms with E-state index in [0.717, 1.165) is 0 Å². The number of aliphatic hydroxyl groups is 1. The van der Waals surface area contributed by atoms with E-state index < -0.39 is 29.7 Å². The van der Waals surface area contributed by atoms with Gasteiger partial charge in [0.2, 0.25) is 11.8 Å². The van der Waals surface area contributed by atoms with Crippen molar-refractivity contribution in [2.45, 2.75) is 38.9 Å². The molecule has 0 spiro atoms. The molecule has 4 atom stereocenters. The molecular weight excluding hydrogens is 401 g/mol. The normalized spacial score (nSPS) is 24.1. The lowest BCUT2D eigenvalue weighted by atomic mass is 9.86. The number of hydrogen-bond acceptors (Lipinski definition) is 4. The molecule has 0 aliphatic carbocycles. The number of amides is 2. The first-order valence-electron chi connectivity index (χ1n) is 10.6. The van der Waals surface area contributed by atoms with Crippen molar-refractivity contribution in [3.05, 3.63) is 58.3 Å². The molecule has 4 rings (SSSR count). The van der Waals surface area contributed by atoms with Crippen LogP contribution in [0, 0.1) is 17.7 Å². The van der Waals surface area contributed by atoms with Gasteiger partial charge in [0.1, 0.15) is 5.82 Å². The third kappa shape index (κ3) is 3.26. The number of fused-ring (bicyclic) bond motifs is 4.